The highest BCUT2D eigenvalue weighted by atomic mass is 16.5. The molecule has 2 rings (SSSR count). The number of carboxylic acid groups (broad SMARTS) is 1. The Labute approximate surface area is 117 Å². The quantitative estimate of drug-likeness (QED) is 0.849. The molecule has 1 aromatic heterocycles. The molecule has 1 aromatic carbocycles. The average molecular weight is 274 g/mol. The SMILES string of the molecule is COC(C)CCc1ccc(-c2cc(C(=O)O)[nH]n2)cc1. The molecule has 0 saturated heterocycles. The van der Waals surface area contributed by atoms with Gasteiger partial charge in [0.15, 0.2) is 0 Å². The van der Waals surface area contributed by atoms with Crippen LogP contribution in [0.15, 0.2) is 30.3 Å². The minimum atomic E-state index is -1.01. The van der Waals surface area contributed by atoms with Crippen LogP contribution in [0.1, 0.15) is 29.4 Å². The Morgan fingerprint density at radius 1 is 1.40 bits per heavy atom. The van der Waals surface area contributed by atoms with Gasteiger partial charge in [-0.3, -0.25) is 5.10 Å². The third-order valence-corrected chi connectivity index (χ3v) is 3.30. The molecule has 1 heterocycles. The molecule has 20 heavy (non-hydrogen) atoms. The maximum absolute atomic E-state index is 10.8. The van der Waals surface area contributed by atoms with Crippen LogP contribution in [-0.2, 0) is 11.2 Å². The maximum Gasteiger partial charge on any atom is 0.353 e. The van der Waals surface area contributed by atoms with E-state index >= 15 is 0 Å². The highest BCUT2D eigenvalue weighted by Crippen LogP contribution is 2.19. The number of aromatic amines is 1. The van der Waals surface area contributed by atoms with E-state index in [4.69, 9.17) is 9.84 Å². The Morgan fingerprint density at radius 3 is 2.65 bits per heavy atom. The second kappa shape index (κ2) is 6.34. The number of aryl methyl sites for hydroxylation is 1. The number of carboxylic acids is 1. The molecule has 0 saturated carbocycles. The van der Waals surface area contributed by atoms with Crippen LogP contribution in [0.25, 0.3) is 11.3 Å². The van der Waals surface area contributed by atoms with Gasteiger partial charge in [-0.1, -0.05) is 24.3 Å². The summed E-state index contributed by atoms with van der Waals surface area (Å²) in [4.78, 5) is 10.8. The summed E-state index contributed by atoms with van der Waals surface area (Å²) in [5, 5.41) is 15.4. The van der Waals surface area contributed by atoms with Crippen molar-refractivity contribution in [1.82, 2.24) is 10.2 Å². The van der Waals surface area contributed by atoms with Crippen LogP contribution in [0.5, 0.6) is 0 Å². The predicted octanol–water partition coefficient (Wildman–Crippen LogP) is 2.74. The van der Waals surface area contributed by atoms with Crippen LogP contribution in [0.3, 0.4) is 0 Å². The highest BCUT2D eigenvalue weighted by Gasteiger charge is 2.09. The number of nitrogens with zero attached hydrogens (tertiary/aromatic N) is 1. The van der Waals surface area contributed by atoms with Crippen molar-refractivity contribution in [1.29, 1.82) is 0 Å². The Hall–Kier alpha value is -2.14. The normalized spacial score (nSPS) is 12.3. The van der Waals surface area contributed by atoms with E-state index in [1.807, 2.05) is 31.2 Å². The molecule has 0 bridgehead atoms. The molecule has 0 amide bonds. The third-order valence-electron chi connectivity index (χ3n) is 3.30. The Morgan fingerprint density at radius 2 is 2.10 bits per heavy atom. The first-order valence-electron chi connectivity index (χ1n) is 6.51. The number of methoxy groups -OCH3 is 1. The van der Waals surface area contributed by atoms with Crippen LogP contribution in [0.4, 0.5) is 0 Å². The zero-order valence-corrected chi connectivity index (χ0v) is 11.6. The molecule has 1 unspecified atom stereocenters. The highest BCUT2D eigenvalue weighted by molar-refractivity contribution is 5.86. The van der Waals surface area contributed by atoms with Crippen molar-refractivity contribution in [2.75, 3.05) is 7.11 Å². The lowest BCUT2D eigenvalue weighted by molar-refractivity contribution is 0.0690. The van der Waals surface area contributed by atoms with E-state index in [0.29, 0.717) is 5.69 Å². The summed E-state index contributed by atoms with van der Waals surface area (Å²) in [6.07, 6.45) is 2.18. The largest absolute Gasteiger partial charge is 0.477 e. The minimum Gasteiger partial charge on any atom is -0.477 e. The van der Waals surface area contributed by atoms with Crippen molar-refractivity contribution >= 4 is 5.97 Å². The second-order valence-corrected chi connectivity index (χ2v) is 4.75. The van der Waals surface area contributed by atoms with Gasteiger partial charge in [0.1, 0.15) is 5.69 Å². The van der Waals surface area contributed by atoms with E-state index in [1.165, 1.54) is 11.6 Å². The zero-order valence-electron chi connectivity index (χ0n) is 11.6. The number of hydrogen-bond donors (Lipinski definition) is 2. The molecule has 1 atom stereocenters. The molecule has 5 nitrogen and oxygen atoms in total. The topological polar surface area (TPSA) is 75.2 Å². The summed E-state index contributed by atoms with van der Waals surface area (Å²) in [7, 11) is 1.71. The van der Waals surface area contributed by atoms with E-state index in [-0.39, 0.29) is 11.8 Å². The van der Waals surface area contributed by atoms with Crippen LogP contribution < -0.4 is 0 Å². The molecular weight excluding hydrogens is 256 g/mol. The van der Waals surface area contributed by atoms with Gasteiger partial charge in [0.2, 0.25) is 0 Å². The van der Waals surface area contributed by atoms with Crippen LogP contribution in [-0.4, -0.2) is 34.5 Å². The van der Waals surface area contributed by atoms with Crippen molar-refractivity contribution in [3.05, 3.63) is 41.6 Å². The number of rotatable bonds is 6. The van der Waals surface area contributed by atoms with Crippen molar-refractivity contribution in [2.45, 2.75) is 25.9 Å². The molecular formula is C15H18N2O3. The summed E-state index contributed by atoms with van der Waals surface area (Å²) in [5.41, 5.74) is 2.86. The lowest BCUT2D eigenvalue weighted by Crippen LogP contribution is -2.05. The number of H-pyrrole nitrogens is 1. The van der Waals surface area contributed by atoms with Gasteiger partial charge in [-0.05, 0) is 31.4 Å². The molecule has 2 aromatic rings. The number of ether oxygens (including phenoxy) is 1. The Bertz CT molecular complexity index is 575. The number of hydrogen-bond acceptors (Lipinski definition) is 3. The molecule has 0 aliphatic rings. The number of benzene rings is 1. The Balaban J connectivity index is 2.05. The van der Waals surface area contributed by atoms with Crippen LogP contribution in [0.2, 0.25) is 0 Å². The third kappa shape index (κ3) is 3.45. The van der Waals surface area contributed by atoms with Crippen molar-refractivity contribution in [2.24, 2.45) is 0 Å². The zero-order chi connectivity index (χ0) is 14.5. The van der Waals surface area contributed by atoms with Crippen molar-refractivity contribution in [3.63, 3.8) is 0 Å². The first-order chi connectivity index (χ1) is 9.60. The average Bonchev–Trinajstić information content (AvgIpc) is 2.95. The molecule has 106 valence electrons. The first kappa shape index (κ1) is 14.3. The van der Waals surface area contributed by atoms with E-state index < -0.39 is 5.97 Å². The molecule has 0 radical (unpaired) electrons. The van der Waals surface area contributed by atoms with Gasteiger partial charge in [-0.15, -0.1) is 0 Å². The van der Waals surface area contributed by atoms with Crippen LogP contribution >= 0.6 is 0 Å². The number of aromatic carboxylic acids is 1. The molecule has 0 aliphatic heterocycles. The van der Waals surface area contributed by atoms with Gasteiger partial charge >= 0.3 is 5.97 Å². The predicted molar refractivity (Wildman–Crippen MR) is 75.8 cm³/mol. The number of nitrogens with one attached hydrogen (secondary N) is 1. The van der Waals surface area contributed by atoms with Gasteiger partial charge in [0.25, 0.3) is 0 Å². The Kier molecular flexibility index (Phi) is 4.53. The van der Waals surface area contributed by atoms with E-state index in [2.05, 4.69) is 10.2 Å². The van der Waals surface area contributed by atoms with Gasteiger partial charge in [0, 0.05) is 12.7 Å². The summed E-state index contributed by atoms with van der Waals surface area (Å²) in [6, 6.07) is 9.51. The summed E-state index contributed by atoms with van der Waals surface area (Å²) in [5.74, 6) is -1.01. The van der Waals surface area contributed by atoms with E-state index in [1.54, 1.807) is 7.11 Å². The van der Waals surface area contributed by atoms with Crippen molar-refractivity contribution in [3.8, 4) is 11.3 Å². The summed E-state index contributed by atoms with van der Waals surface area (Å²) >= 11 is 0. The van der Waals surface area contributed by atoms with Crippen molar-refractivity contribution < 1.29 is 14.6 Å². The summed E-state index contributed by atoms with van der Waals surface area (Å²) in [6.45, 7) is 2.05. The van der Waals surface area contributed by atoms with Gasteiger partial charge in [-0.2, -0.15) is 5.10 Å². The minimum absolute atomic E-state index is 0.0954. The summed E-state index contributed by atoms with van der Waals surface area (Å²) < 4.78 is 5.22. The molecule has 0 fully saturated rings. The molecule has 5 heteroatoms. The lowest BCUT2D eigenvalue weighted by atomic mass is 10.0. The fourth-order valence-corrected chi connectivity index (χ4v) is 1.91. The smallest absolute Gasteiger partial charge is 0.353 e. The van der Waals surface area contributed by atoms with E-state index in [9.17, 15) is 4.79 Å². The fourth-order valence-electron chi connectivity index (χ4n) is 1.91. The van der Waals surface area contributed by atoms with Gasteiger partial charge in [-0.25, -0.2) is 4.79 Å². The standard InChI is InChI=1S/C15H18N2O3/c1-10(20-2)3-4-11-5-7-12(8-6-11)13-9-14(15(18)19)17-16-13/h5-10H,3-4H2,1-2H3,(H,16,17)(H,18,19). The van der Waals surface area contributed by atoms with Crippen LogP contribution in [0, 0.1) is 0 Å². The number of carbonyl (C=O) groups is 1. The van der Waals surface area contributed by atoms with Gasteiger partial charge in [0.05, 0.1) is 11.8 Å². The second-order valence-electron chi connectivity index (χ2n) is 4.75. The van der Waals surface area contributed by atoms with Gasteiger partial charge < -0.3 is 9.84 Å². The maximum atomic E-state index is 10.8. The van der Waals surface area contributed by atoms with E-state index in [0.717, 1.165) is 18.4 Å². The first-order valence-corrected chi connectivity index (χ1v) is 6.51. The monoisotopic (exact) mass is 274 g/mol. The fraction of sp³-hybridized carbons (Fsp3) is 0.333. The molecule has 0 spiro atoms. The molecule has 0 aliphatic carbocycles. The lowest BCUT2D eigenvalue weighted by Gasteiger charge is -2.09. The molecule has 2 N–H and O–H groups in total. The number of aromatic nitrogens is 2.